The summed E-state index contributed by atoms with van der Waals surface area (Å²) in [5, 5.41) is 10.5. The molecule has 20 heavy (non-hydrogen) atoms. The monoisotopic (exact) mass is 311 g/mol. The van der Waals surface area contributed by atoms with Gasteiger partial charge in [-0.15, -0.1) is 11.3 Å². The van der Waals surface area contributed by atoms with Crippen LogP contribution in [0, 0.1) is 6.92 Å². The normalized spacial score (nSPS) is 15.6. The minimum atomic E-state index is 0.202. The Balaban J connectivity index is 2.03. The molecule has 2 aromatic rings. The summed E-state index contributed by atoms with van der Waals surface area (Å²) in [6.45, 7) is 3.10. The lowest BCUT2D eigenvalue weighted by molar-refractivity contribution is 0.282. The molecule has 1 N–H and O–H groups in total. The Hall–Kier alpha value is -0.910. The van der Waals surface area contributed by atoms with Crippen LogP contribution >= 0.6 is 22.9 Å². The van der Waals surface area contributed by atoms with Crippen LogP contribution in [0.25, 0.3) is 10.2 Å². The fourth-order valence-corrected chi connectivity index (χ4v) is 3.71. The Labute approximate surface area is 127 Å². The van der Waals surface area contributed by atoms with E-state index in [4.69, 9.17) is 16.7 Å². The highest BCUT2D eigenvalue weighted by Gasteiger charge is 2.27. The Morgan fingerprint density at radius 3 is 2.90 bits per heavy atom. The second-order valence-corrected chi connectivity index (χ2v) is 6.82. The molecular weight excluding hydrogens is 294 g/mol. The van der Waals surface area contributed by atoms with Gasteiger partial charge in [0.25, 0.3) is 0 Å². The largest absolute Gasteiger partial charge is 0.396 e. The molecular formula is C14H18ClN3OS. The van der Waals surface area contributed by atoms with Gasteiger partial charge in [-0.05, 0) is 50.3 Å². The van der Waals surface area contributed by atoms with Crippen molar-refractivity contribution in [2.75, 3.05) is 18.1 Å². The highest BCUT2D eigenvalue weighted by Crippen LogP contribution is 2.36. The van der Waals surface area contributed by atoms with Crippen LogP contribution in [-0.2, 0) is 0 Å². The van der Waals surface area contributed by atoms with Crippen molar-refractivity contribution in [3.05, 3.63) is 16.2 Å². The minimum absolute atomic E-state index is 0.202. The summed E-state index contributed by atoms with van der Waals surface area (Å²) in [6, 6.07) is 2.66. The number of fused-ring (bicyclic) bond motifs is 1. The summed E-state index contributed by atoms with van der Waals surface area (Å²) in [7, 11) is 0. The summed E-state index contributed by atoms with van der Waals surface area (Å²) in [4.78, 5) is 13.3. The zero-order valence-electron chi connectivity index (χ0n) is 11.5. The van der Waals surface area contributed by atoms with Crippen LogP contribution in [-0.4, -0.2) is 34.3 Å². The maximum absolute atomic E-state index is 9.12. The Kier molecular flexibility index (Phi) is 4.10. The van der Waals surface area contributed by atoms with Gasteiger partial charge < -0.3 is 10.0 Å². The third-order valence-electron chi connectivity index (χ3n) is 3.81. The molecule has 0 unspecified atom stereocenters. The molecule has 2 heterocycles. The van der Waals surface area contributed by atoms with Gasteiger partial charge in [-0.2, -0.15) is 4.98 Å². The molecule has 3 rings (SSSR count). The van der Waals surface area contributed by atoms with E-state index in [0.29, 0.717) is 11.3 Å². The molecule has 1 fully saturated rings. The third kappa shape index (κ3) is 2.62. The summed E-state index contributed by atoms with van der Waals surface area (Å²) in [6.07, 6.45) is 4.41. The topological polar surface area (TPSA) is 49.2 Å². The summed E-state index contributed by atoms with van der Waals surface area (Å²) in [5.41, 5.74) is 0. The molecule has 108 valence electrons. The highest BCUT2D eigenvalue weighted by molar-refractivity contribution is 7.18. The van der Waals surface area contributed by atoms with E-state index in [1.165, 1.54) is 24.1 Å². The van der Waals surface area contributed by atoms with Gasteiger partial charge in [0, 0.05) is 24.1 Å². The van der Waals surface area contributed by atoms with Crippen LogP contribution in [0.3, 0.4) is 0 Å². The van der Waals surface area contributed by atoms with Crippen LogP contribution in [0.4, 0.5) is 5.82 Å². The van der Waals surface area contributed by atoms with E-state index >= 15 is 0 Å². The van der Waals surface area contributed by atoms with Crippen LogP contribution in [0.2, 0.25) is 5.28 Å². The number of aliphatic hydroxyl groups is 1. The van der Waals surface area contributed by atoms with E-state index in [2.05, 4.69) is 27.9 Å². The molecule has 1 aliphatic carbocycles. The standard InChI is InChI=1S/C14H18ClN3OS/c1-9-8-11-12(16-14(15)17-13(11)20-9)18(6-3-7-19)10-4-2-5-10/h8,10,19H,2-7H2,1H3. The number of aliphatic hydroxyl groups excluding tert-OH is 1. The zero-order valence-corrected chi connectivity index (χ0v) is 13.0. The van der Waals surface area contributed by atoms with Gasteiger partial charge in [0.1, 0.15) is 10.6 Å². The van der Waals surface area contributed by atoms with Gasteiger partial charge in [-0.3, -0.25) is 0 Å². The average molecular weight is 312 g/mol. The zero-order chi connectivity index (χ0) is 14.1. The van der Waals surface area contributed by atoms with E-state index < -0.39 is 0 Å². The second kappa shape index (κ2) is 5.84. The number of nitrogens with zero attached hydrogens (tertiary/aromatic N) is 3. The van der Waals surface area contributed by atoms with Crippen molar-refractivity contribution in [1.82, 2.24) is 9.97 Å². The molecule has 0 radical (unpaired) electrons. The summed E-state index contributed by atoms with van der Waals surface area (Å²) < 4.78 is 0. The molecule has 0 spiro atoms. The molecule has 0 saturated heterocycles. The van der Waals surface area contributed by atoms with E-state index in [1.807, 2.05) is 0 Å². The first kappa shape index (κ1) is 14.0. The van der Waals surface area contributed by atoms with Gasteiger partial charge in [0.05, 0.1) is 5.39 Å². The maximum atomic E-state index is 9.12. The minimum Gasteiger partial charge on any atom is -0.396 e. The van der Waals surface area contributed by atoms with Crippen molar-refractivity contribution in [2.24, 2.45) is 0 Å². The molecule has 6 heteroatoms. The predicted octanol–water partition coefficient (Wildman–Crippen LogP) is 3.39. The smallest absolute Gasteiger partial charge is 0.225 e. The van der Waals surface area contributed by atoms with Crippen molar-refractivity contribution in [1.29, 1.82) is 0 Å². The number of aromatic nitrogens is 2. The van der Waals surface area contributed by atoms with Crippen LogP contribution in [0.15, 0.2) is 6.07 Å². The first-order chi connectivity index (χ1) is 9.69. The lowest BCUT2D eigenvalue weighted by Gasteiger charge is -2.38. The van der Waals surface area contributed by atoms with E-state index in [-0.39, 0.29) is 6.61 Å². The number of rotatable bonds is 5. The second-order valence-electron chi connectivity index (χ2n) is 5.25. The molecule has 1 saturated carbocycles. The number of thiophene rings is 1. The van der Waals surface area contributed by atoms with Crippen molar-refractivity contribution in [3.8, 4) is 0 Å². The maximum Gasteiger partial charge on any atom is 0.225 e. The molecule has 1 aliphatic rings. The lowest BCUT2D eigenvalue weighted by atomic mass is 9.91. The first-order valence-electron chi connectivity index (χ1n) is 7.00. The molecule has 0 atom stereocenters. The van der Waals surface area contributed by atoms with Crippen molar-refractivity contribution in [2.45, 2.75) is 38.6 Å². The molecule has 0 aromatic carbocycles. The number of halogens is 1. The van der Waals surface area contributed by atoms with Crippen molar-refractivity contribution >= 4 is 39.0 Å². The van der Waals surface area contributed by atoms with Crippen LogP contribution < -0.4 is 4.90 Å². The van der Waals surface area contributed by atoms with Gasteiger partial charge in [-0.25, -0.2) is 4.98 Å². The number of hydrogen-bond donors (Lipinski definition) is 1. The third-order valence-corrected chi connectivity index (χ3v) is 4.93. The molecule has 2 aromatic heterocycles. The molecule has 4 nitrogen and oxygen atoms in total. The number of hydrogen-bond acceptors (Lipinski definition) is 5. The lowest BCUT2D eigenvalue weighted by Crippen LogP contribution is -2.41. The van der Waals surface area contributed by atoms with Gasteiger partial charge in [-0.1, -0.05) is 0 Å². The van der Waals surface area contributed by atoms with E-state index in [1.54, 1.807) is 11.3 Å². The Morgan fingerprint density at radius 1 is 1.45 bits per heavy atom. The summed E-state index contributed by atoms with van der Waals surface area (Å²) in [5.74, 6) is 0.933. The van der Waals surface area contributed by atoms with Crippen LogP contribution in [0.5, 0.6) is 0 Å². The summed E-state index contributed by atoms with van der Waals surface area (Å²) >= 11 is 7.73. The molecule has 0 amide bonds. The first-order valence-corrected chi connectivity index (χ1v) is 8.19. The van der Waals surface area contributed by atoms with E-state index in [9.17, 15) is 0 Å². The highest BCUT2D eigenvalue weighted by atomic mass is 35.5. The van der Waals surface area contributed by atoms with Gasteiger partial charge >= 0.3 is 0 Å². The molecule has 0 aliphatic heterocycles. The number of anilines is 1. The number of aryl methyl sites for hydroxylation is 1. The quantitative estimate of drug-likeness (QED) is 0.860. The predicted molar refractivity (Wildman–Crippen MR) is 83.8 cm³/mol. The van der Waals surface area contributed by atoms with Crippen LogP contribution in [0.1, 0.15) is 30.6 Å². The molecule has 0 bridgehead atoms. The fraction of sp³-hybridized carbons (Fsp3) is 0.571. The Bertz CT molecular complexity index is 612. The average Bonchev–Trinajstić information content (AvgIpc) is 2.71. The van der Waals surface area contributed by atoms with E-state index in [0.717, 1.165) is 29.0 Å². The van der Waals surface area contributed by atoms with Crippen molar-refractivity contribution < 1.29 is 5.11 Å². The SMILES string of the molecule is Cc1cc2c(N(CCCO)C3CCC3)nc(Cl)nc2s1. The van der Waals surface area contributed by atoms with Crippen molar-refractivity contribution in [3.63, 3.8) is 0 Å². The fourth-order valence-electron chi connectivity index (χ4n) is 2.62. The van der Waals surface area contributed by atoms with Gasteiger partial charge in [0.2, 0.25) is 5.28 Å². The van der Waals surface area contributed by atoms with Gasteiger partial charge in [0.15, 0.2) is 0 Å². The Morgan fingerprint density at radius 2 is 2.25 bits per heavy atom.